The Morgan fingerprint density at radius 3 is 2.55 bits per heavy atom. The summed E-state index contributed by atoms with van der Waals surface area (Å²) in [6, 6.07) is 6.14. The number of rotatable bonds is 8. The molecule has 3 heterocycles. The van der Waals surface area contributed by atoms with Crippen LogP contribution in [0.25, 0.3) is 0 Å². The Morgan fingerprint density at radius 1 is 1.19 bits per heavy atom. The SMILES string of the molecule is CCNC(=NCc1ccc(N2CCN(CC)CC2)nc1)NCC(C)(O)c1ccsc1.I. The van der Waals surface area contributed by atoms with Crippen molar-refractivity contribution in [2.24, 2.45) is 4.99 Å². The third kappa shape index (κ3) is 7.58. The van der Waals surface area contributed by atoms with Crippen molar-refractivity contribution in [1.29, 1.82) is 0 Å². The molecule has 0 aromatic carbocycles. The Hall–Kier alpha value is -1.43. The van der Waals surface area contributed by atoms with E-state index in [9.17, 15) is 5.11 Å². The van der Waals surface area contributed by atoms with Crippen molar-refractivity contribution < 1.29 is 5.11 Å². The van der Waals surface area contributed by atoms with Crippen molar-refractivity contribution in [3.05, 3.63) is 46.3 Å². The van der Waals surface area contributed by atoms with Gasteiger partial charge in [-0.15, -0.1) is 24.0 Å². The third-order valence-electron chi connectivity index (χ3n) is 5.46. The number of piperazine rings is 1. The first-order valence-electron chi connectivity index (χ1n) is 10.7. The second kappa shape index (κ2) is 12.6. The highest BCUT2D eigenvalue weighted by molar-refractivity contribution is 14.0. The van der Waals surface area contributed by atoms with E-state index in [-0.39, 0.29) is 24.0 Å². The van der Waals surface area contributed by atoms with Crippen LogP contribution < -0.4 is 15.5 Å². The number of anilines is 1. The molecule has 0 amide bonds. The van der Waals surface area contributed by atoms with Crippen LogP contribution >= 0.6 is 35.3 Å². The van der Waals surface area contributed by atoms with Gasteiger partial charge in [0.2, 0.25) is 0 Å². The molecule has 1 unspecified atom stereocenters. The smallest absolute Gasteiger partial charge is 0.191 e. The molecule has 0 saturated carbocycles. The third-order valence-corrected chi connectivity index (χ3v) is 6.14. The Labute approximate surface area is 207 Å². The van der Waals surface area contributed by atoms with Crippen molar-refractivity contribution in [2.75, 3.05) is 50.7 Å². The fourth-order valence-electron chi connectivity index (χ4n) is 3.43. The van der Waals surface area contributed by atoms with E-state index in [1.807, 2.05) is 36.9 Å². The number of thiophene rings is 1. The number of aromatic nitrogens is 1. The minimum absolute atomic E-state index is 0. The zero-order chi connectivity index (χ0) is 21.4. The fourth-order valence-corrected chi connectivity index (χ4v) is 4.21. The number of nitrogens with one attached hydrogen (secondary N) is 2. The zero-order valence-electron chi connectivity index (χ0n) is 18.7. The van der Waals surface area contributed by atoms with E-state index < -0.39 is 5.60 Å². The summed E-state index contributed by atoms with van der Waals surface area (Å²) in [5.74, 6) is 1.73. The quantitative estimate of drug-likeness (QED) is 0.263. The van der Waals surface area contributed by atoms with Crippen LogP contribution in [0.1, 0.15) is 31.9 Å². The molecule has 2 aromatic rings. The first kappa shape index (κ1) is 25.8. The molecular weight excluding hydrogens is 523 g/mol. The zero-order valence-corrected chi connectivity index (χ0v) is 21.8. The monoisotopic (exact) mass is 558 g/mol. The van der Waals surface area contributed by atoms with E-state index in [4.69, 9.17) is 0 Å². The van der Waals surface area contributed by atoms with Gasteiger partial charge in [0, 0.05) is 38.9 Å². The first-order chi connectivity index (χ1) is 14.5. The van der Waals surface area contributed by atoms with E-state index in [1.165, 1.54) is 0 Å². The summed E-state index contributed by atoms with van der Waals surface area (Å²) in [6.45, 7) is 13.1. The maximum Gasteiger partial charge on any atom is 0.191 e. The molecule has 0 radical (unpaired) electrons. The molecular formula is C22H35IN6OS. The summed E-state index contributed by atoms with van der Waals surface area (Å²) < 4.78 is 0. The predicted octanol–water partition coefficient (Wildman–Crippen LogP) is 2.87. The summed E-state index contributed by atoms with van der Waals surface area (Å²) in [4.78, 5) is 14.1. The number of nitrogens with zero attached hydrogens (tertiary/aromatic N) is 4. The minimum Gasteiger partial charge on any atom is -0.384 e. The van der Waals surface area contributed by atoms with Gasteiger partial charge in [0.25, 0.3) is 0 Å². The average Bonchev–Trinajstić information content (AvgIpc) is 3.32. The van der Waals surface area contributed by atoms with Crippen molar-refractivity contribution in [2.45, 2.75) is 32.9 Å². The van der Waals surface area contributed by atoms with E-state index in [2.05, 4.69) is 49.5 Å². The number of halogens is 1. The normalized spacial score (nSPS) is 17.0. The topological polar surface area (TPSA) is 76.0 Å². The molecule has 1 saturated heterocycles. The van der Waals surface area contributed by atoms with Gasteiger partial charge in [-0.2, -0.15) is 11.3 Å². The van der Waals surface area contributed by atoms with E-state index in [0.717, 1.165) is 56.2 Å². The molecule has 1 aliphatic rings. The molecule has 3 rings (SSSR count). The second-order valence-corrected chi connectivity index (χ2v) is 8.56. The number of hydrogen-bond donors (Lipinski definition) is 3. The number of hydrogen-bond acceptors (Lipinski definition) is 6. The number of aliphatic hydroxyl groups is 1. The van der Waals surface area contributed by atoms with Gasteiger partial charge in [-0.05, 0) is 54.4 Å². The summed E-state index contributed by atoms with van der Waals surface area (Å²) >= 11 is 1.58. The molecule has 1 aliphatic heterocycles. The lowest BCUT2D eigenvalue weighted by molar-refractivity contribution is 0.0621. The average molecular weight is 559 g/mol. The van der Waals surface area contributed by atoms with Crippen molar-refractivity contribution in [1.82, 2.24) is 20.5 Å². The van der Waals surface area contributed by atoms with Crippen LogP contribution in [0.4, 0.5) is 5.82 Å². The highest BCUT2D eigenvalue weighted by Crippen LogP contribution is 2.22. The molecule has 0 bridgehead atoms. The molecule has 3 N–H and O–H groups in total. The molecule has 1 atom stereocenters. The number of aliphatic imine (C=N–C) groups is 1. The molecule has 0 aliphatic carbocycles. The van der Waals surface area contributed by atoms with Crippen molar-refractivity contribution in [3.63, 3.8) is 0 Å². The Bertz CT molecular complexity index is 789. The van der Waals surface area contributed by atoms with Gasteiger partial charge in [0.05, 0.1) is 13.1 Å². The Morgan fingerprint density at radius 2 is 1.97 bits per heavy atom. The van der Waals surface area contributed by atoms with Gasteiger partial charge >= 0.3 is 0 Å². The molecule has 1 fully saturated rings. The predicted molar refractivity (Wildman–Crippen MR) is 141 cm³/mol. The van der Waals surface area contributed by atoms with Gasteiger partial charge < -0.3 is 25.5 Å². The molecule has 172 valence electrons. The van der Waals surface area contributed by atoms with Gasteiger partial charge in [-0.25, -0.2) is 9.98 Å². The van der Waals surface area contributed by atoms with Crippen molar-refractivity contribution in [3.8, 4) is 0 Å². The Kier molecular flexibility index (Phi) is 10.5. The fraction of sp³-hybridized carbons (Fsp3) is 0.545. The van der Waals surface area contributed by atoms with Crippen LogP contribution in [-0.4, -0.2) is 66.8 Å². The van der Waals surface area contributed by atoms with Crippen LogP contribution in [0.5, 0.6) is 0 Å². The number of guanidine groups is 1. The summed E-state index contributed by atoms with van der Waals surface area (Å²) in [5, 5.41) is 21.1. The van der Waals surface area contributed by atoms with E-state index in [1.54, 1.807) is 11.3 Å². The lowest BCUT2D eigenvalue weighted by Crippen LogP contribution is -2.46. The standard InChI is InChI=1S/C22H34N6OS.HI/c1-4-23-21(26-17-22(3,29)19-8-13-30-16-19)25-15-18-6-7-20(24-14-18)28-11-9-27(5-2)10-12-28;/h6-8,13-14,16,29H,4-5,9-12,15,17H2,1-3H3,(H2,23,25,26);1H. The Balaban J connectivity index is 0.00000341. The van der Waals surface area contributed by atoms with Crippen LogP contribution in [0.2, 0.25) is 0 Å². The lowest BCUT2D eigenvalue weighted by Gasteiger charge is -2.34. The van der Waals surface area contributed by atoms with Crippen LogP contribution in [-0.2, 0) is 12.1 Å². The van der Waals surface area contributed by atoms with Crippen molar-refractivity contribution >= 4 is 47.1 Å². The highest BCUT2D eigenvalue weighted by atomic mass is 127. The molecule has 7 nitrogen and oxygen atoms in total. The summed E-state index contributed by atoms with van der Waals surface area (Å²) in [7, 11) is 0. The van der Waals surface area contributed by atoms with Gasteiger partial charge in [-0.3, -0.25) is 0 Å². The maximum atomic E-state index is 10.7. The summed E-state index contributed by atoms with van der Waals surface area (Å²) in [5.41, 5.74) is 1.03. The largest absolute Gasteiger partial charge is 0.384 e. The number of pyridine rings is 1. The van der Waals surface area contributed by atoms with Crippen LogP contribution in [0, 0.1) is 0 Å². The molecule has 31 heavy (non-hydrogen) atoms. The molecule has 9 heteroatoms. The first-order valence-corrected chi connectivity index (χ1v) is 11.7. The number of likely N-dealkylation sites (N-methyl/N-ethyl adjacent to an activating group) is 1. The minimum atomic E-state index is -0.943. The van der Waals surface area contributed by atoms with Gasteiger partial charge in [0.1, 0.15) is 11.4 Å². The van der Waals surface area contributed by atoms with E-state index in [0.29, 0.717) is 19.0 Å². The highest BCUT2D eigenvalue weighted by Gasteiger charge is 2.23. The molecule has 2 aromatic heterocycles. The molecule has 0 spiro atoms. The maximum absolute atomic E-state index is 10.7. The van der Waals surface area contributed by atoms with Gasteiger partial charge in [-0.1, -0.05) is 13.0 Å². The second-order valence-electron chi connectivity index (χ2n) is 7.78. The summed E-state index contributed by atoms with van der Waals surface area (Å²) in [6.07, 6.45) is 1.91. The lowest BCUT2D eigenvalue weighted by atomic mass is 9.99. The van der Waals surface area contributed by atoms with Gasteiger partial charge in [0.15, 0.2) is 5.96 Å². The van der Waals surface area contributed by atoms with Crippen LogP contribution in [0.3, 0.4) is 0 Å². The van der Waals surface area contributed by atoms with Crippen LogP contribution in [0.15, 0.2) is 40.1 Å². The van der Waals surface area contributed by atoms with E-state index >= 15 is 0 Å².